The summed E-state index contributed by atoms with van der Waals surface area (Å²) in [4.78, 5) is 30.2. The highest BCUT2D eigenvalue weighted by Gasteiger charge is 2.32. The minimum Gasteiger partial charge on any atom is -0.355 e. The van der Waals surface area contributed by atoms with Crippen LogP contribution in [0.3, 0.4) is 0 Å². The van der Waals surface area contributed by atoms with Gasteiger partial charge in [-0.2, -0.15) is 9.59 Å². The van der Waals surface area contributed by atoms with Gasteiger partial charge in [-0.3, -0.25) is 4.79 Å². The van der Waals surface area contributed by atoms with E-state index in [1.54, 1.807) is 11.3 Å². The monoisotopic (exact) mass is 239 g/mol. The molecule has 1 aliphatic heterocycles. The molecule has 1 fully saturated rings. The van der Waals surface area contributed by atoms with E-state index >= 15 is 0 Å². The van der Waals surface area contributed by atoms with E-state index in [9.17, 15) is 4.79 Å². The number of rotatable bonds is 1. The fourth-order valence-corrected chi connectivity index (χ4v) is 2.81. The topological polar surface area (TPSA) is 63.2 Å². The summed E-state index contributed by atoms with van der Waals surface area (Å²) >= 11 is 1.80. The molecule has 5 heteroatoms. The lowest BCUT2D eigenvalue weighted by atomic mass is 9.96. The Bertz CT molecular complexity index is 407. The minimum absolute atomic E-state index is 0.137. The van der Waals surface area contributed by atoms with E-state index in [1.807, 2.05) is 6.92 Å². The SMILES string of the molecule is Cc1ccc([C@H]2CNC(=O)[C@@H]2C)s1.O=C=O. The largest absolute Gasteiger partial charge is 0.373 e. The predicted octanol–water partition coefficient (Wildman–Crippen LogP) is 1.32. The highest BCUT2D eigenvalue weighted by molar-refractivity contribution is 7.12. The molecule has 0 saturated carbocycles. The first-order chi connectivity index (χ1) is 7.60. The number of hydrogen-bond donors (Lipinski definition) is 1. The van der Waals surface area contributed by atoms with Gasteiger partial charge in [0.05, 0.1) is 0 Å². The number of amides is 1. The number of aryl methyl sites for hydroxylation is 1. The highest BCUT2D eigenvalue weighted by atomic mass is 32.1. The Labute approximate surface area is 97.7 Å². The van der Waals surface area contributed by atoms with Crippen molar-refractivity contribution in [3.63, 3.8) is 0 Å². The Kier molecular flexibility index (Phi) is 4.40. The van der Waals surface area contributed by atoms with Gasteiger partial charge in [-0.05, 0) is 19.1 Å². The minimum atomic E-state index is 0.137. The van der Waals surface area contributed by atoms with Crippen molar-refractivity contribution < 1.29 is 14.4 Å². The van der Waals surface area contributed by atoms with Crippen LogP contribution >= 0.6 is 11.3 Å². The number of nitrogens with one attached hydrogen (secondary N) is 1. The zero-order valence-corrected chi connectivity index (χ0v) is 9.97. The first kappa shape index (κ1) is 12.6. The Balaban J connectivity index is 0.000000386. The molecule has 1 aromatic rings. The van der Waals surface area contributed by atoms with Crippen molar-refractivity contribution in [3.8, 4) is 0 Å². The molecule has 1 aromatic heterocycles. The van der Waals surface area contributed by atoms with Crippen molar-refractivity contribution >= 4 is 23.4 Å². The second kappa shape index (κ2) is 5.58. The molecule has 0 bridgehead atoms. The van der Waals surface area contributed by atoms with E-state index in [4.69, 9.17) is 9.59 Å². The van der Waals surface area contributed by atoms with Crippen LogP contribution in [0.4, 0.5) is 0 Å². The van der Waals surface area contributed by atoms with Crippen molar-refractivity contribution in [2.24, 2.45) is 5.92 Å². The van der Waals surface area contributed by atoms with E-state index in [0.717, 1.165) is 6.54 Å². The summed E-state index contributed by atoms with van der Waals surface area (Å²) < 4.78 is 0. The van der Waals surface area contributed by atoms with Crippen molar-refractivity contribution in [2.45, 2.75) is 19.8 Å². The van der Waals surface area contributed by atoms with Crippen molar-refractivity contribution in [1.82, 2.24) is 5.32 Å². The third-order valence-electron chi connectivity index (χ3n) is 2.64. The van der Waals surface area contributed by atoms with Crippen molar-refractivity contribution in [2.75, 3.05) is 6.54 Å². The highest BCUT2D eigenvalue weighted by Crippen LogP contribution is 2.32. The van der Waals surface area contributed by atoms with Crippen molar-refractivity contribution in [3.05, 3.63) is 21.9 Å². The fraction of sp³-hybridized carbons (Fsp3) is 0.455. The Morgan fingerprint density at radius 3 is 2.44 bits per heavy atom. The van der Waals surface area contributed by atoms with Crippen LogP contribution < -0.4 is 5.32 Å². The number of thiophene rings is 1. The van der Waals surface area contributed by atoms with E-state index < -0.39 is 0 Å². The maximum absolute atomic E-state index is 11.3. The first-order valence-corrected chi connectivity index (χ1v) is 5.75. The standard InChI is InChI=1S/C10H13NOS.CO2/c1-6-3-4-9(13-6)8-5-11-10(12)7(8)2;2-1-3/h3-4,7-8H,5H2,1-2H3,(H,11,12);/t7-,8+;/m1./s1. The Morgan fingerprint density at radius 1 is 1.44 bits per heavy atom. The summed E-state index contributed by atoms with van der Waals surface area (Å²) in [5.41, 5.74) is 0. The smallest absolute Gasteiger partial charge is 0.355 e. The van der Waals surface area contributed by atoms with E-state index in [-0.39, 0.29) is 18.0 Å². The van der Waals surface area contributed by atoms with Crippen LogP contribution in [0.5, 0.6) is 0 Å². The normalized spacial score (nSPS) is 23.0. The molecule has 0 aromatic carbocycles. The molecule has 1 aliphatic rings. The third kappa shape index (κ3) is 2.78. The summed E-state index contributed by atoms with van der Waals surface area (Å²) in [6.45, 7) is 4.91. The molecule has 86 valence electrons. The second-order valence-corrected chi connectivity index (χ2v) is 4.99. The van der Waals surface area contributed by atoms with Gasteiger partial charge in [0, 0.05) is 28.1 Å². The van der Waals surface area contributed by atoms with Gasteiger partial charge < -0.3 is 5.32 Å². The average molecular weight is 239 g/mol. The molecule has 1 amide bonds. The van der Waals surface area contributed by atoms with Crippen LogP contribution in [-0.4, -0.2) is 18.6 Å². The number of hydrogen-bond acceptors (Lipinski definition) is 4. The van der Waals surface area contributed by atoms with Crippen LogP contribution in [0.25, 0.3) is 0 Å². The van der Waals surface area contributed by atoms with Crippen LogP contribution in [0, 0.1) is 12.8 Å². The van der Waals surface area contributed by atoms with E-state index in [1.165, 1.54) is 9.75 Å². The fourth-order valence-electron chi connectivity index (χ4n) is 1.73. The number of carbonyl (C=O) groups excluding carboxylic acids is 3. The van der Waals surface area contributed by atoms with Crippen LogP contribution in [0.2, 0.25) is 0 Å². The average Bonchev–Trinajstić information content (AvgIpc) is 2.77. The van der Waals surface area contributed by atoms with E-state index in [0.29, 0.717) is 5.92 Å². The Morgan fingerprint density at radius 2 is 2.06 bits per heavy atom. The molecule has 4 nitrogen and oxygen atoms in total. The summed E-state index contributed by atoms with van der Waals surface area (Å²) in [5.74, 6) is 0.723. The molecular weight excluding hydrogens is 226 g/mol. The summed E-state index contributed by atoms with van der Waals surface area (Å²) in [5, 5.41) is 2.89. The number of carbonyl (C=O) groups is 1. The lowest BCUT2D eigenvalue weighted by Gasteiger charge is -2.08. The molecule has 16 heavy (non-hydrogen) atoms. The molecule has 0 spiro atoms. The summed E-state index contributed by atoms with van der Waals surface area (Å²) in [6.07, 6.45) is 0.250. The molecule has 0 aliphatic carbocycles. The van der Waals surface area contributed by atoms with Gasteiger partial charge in [0.1, 0.15) is 0 Å². The molecule has 2 rings (SSSR count). The van der Waals surface area contributed by atoms with E-state index in [2.05, 4.69) is 24.4 Å². The Hall–Kier alpha value is -1.45. The molecule has 0 unspecified atom stereocenters. The van der Waals surface area contributed by atoms with Gasteiger partial charge in [-0.15, -0.1) is 11.3 Å². The molecule has 0 radical (unpaired) electrons. The molecule has 1 N–H and O–H groups in total. The molecular formula is C11H13NO3S. The van der Waals surface area contributed by atoms with Crippen LogP contribution in [-0.2, 0) is 14.4 Å². The predicted molar refractivity (Wildman–Crippen MR) is 59.0 cm³/mol. The lowest BCUT2D eigenvalue weighted by Crippen LogP contribution is -2.16. The van der Waals surface area contributed by atoms with Crippen LogP contribution in [0.1, 0.15) is 22.6 Å². The summed E-state index contributed by atoms with van der Waals surface area (Å²) in [6, 6.07) is 4.26. The zero-order valence-electron chi connectivity index (χ0n) is 9.15. The van der Waals surface area contributed by atoms with Gasteiger partial charge in [0.15, 0.2) is 0 Å². The zero-order chi connectivity index (χ0) is 12.1. The molecule has 2 atom stereocenters. The second-order valence-electron chi connectivity index (χ2n) is 3.67. The van der Waals surface area contributed by atoms with Gasteiger partial charge >= 0.3 is 6.15 Å². The maximum Gasteiger partial charge on any atom is 0.373 e. The molecule has 1 saturated heterocycles. The summed E-state index contributed by atoms with van der Waals surface area (Å²) in [7, 11) is 0. The third-order valence-corrected chi connectivity index (χ3v) is 3.77. The lowest BCUT2D eigenvalue weighted by molar-refractivity contribution is -0.191. The van der Waals surface area contributed by atoms with Crippen molar-refractivity contribution in [1.29, 1.82) is 0 Å². The van der Waals surface area contributed by atoms with Gasteiger partial charge in [0.25, 0.3) is 0 Å². The molecule has 2 heterocycles. The van der Waals surface area contributed by atoms with Gasteiger partial charge in [-0.1, -0.05) is 6.92 Å². The first-order valence-electron chi connectivity index (χ1n) is 4.93. The van der Waals surface area contributed by atoms with Crippen LogP contribution in [0.15, 0.2) is 12.1 Å². The quantitative estimate of drug-likeness (QED) is 0.804. The van der Waals surface area contributed by atoms with Gasteiger partial charge in [-0.25, -0.2) is 0 Å². The maximum atomic E-state index is 11.3. The van der Waals surface area contributed by atoms with Gasteiger partial charge in [0.2, 0.25) is 5.91 Å².